The molecule has 34 heavy (non-hydrogen) atoms. The quantitative estimate of drug-likeness (QED) is 0.274. The van der Waals surface area contributed by atoms with Crippen LogP contribution in [0, 0.1) is 0 Å². The number of pyridine rings is 1. The van der Waals surface area contributed by atoms with E-state index < -0.39 is 5.54 Å². The molecular formula is C31H23N3. The Morgan fingerprint density at radius 2 is 0.971 bits per heavy atom. The van der Waals surface area contributed by atoms with Crippen LogP contribution in [0.3, 0.4) is 0 Å². The van der Waals surface area contributed by atoms with E-state index in [0.29, 0.717) is 0 Å². The molecule has 0 aliphatic carbocycles. The third-order valence-electron chi connectivity index (χ3n) is 6.43. The highest BCUT2D eigenvalue weighted by Gasteiger charge is 2.40. The molecular weight excluding hydrogens is 414 g/mol. The summed E-state index contributed by atoms with van der Waals surface area (Å²) in [5.41, 5.74) is 5.88. The van der Waals surface area contributed by atoms with Crippen LogP contribution in [-0.2, 0) is 5.54 Å². The second kappa shape index (κ2) is 8.45. The maximum absolute atomic E-state index is 5.35. The molecule has 6 rings (SSSR count). The molecule has 0 spiro atoms. The highest BCUT2D eigenvalue weighted by Crippen LogP contribution is 2.43. The van der Waals surface area contributed by atoms with E-state index in [9.17, 15) is 0 Å². The molecule has 3 nitrogen and oxygen atoms in total. The molecule has 3 heteroatoms. The molecule has 0 radical (unpaired) electrons. The molecule has 2 heterocycles. The molecule has 0 aliphatic rings. The number of benzene rings is 4. The Balaban J connectivity index is 1.79. The summed E-state index contributed by atoms with van der Waals surface area (Å²) < 4.78 is 2.21. The van der Waals surface area contributed by atoms with Crippen LogP contribution >= 0.6 is 0 Å². The summed E-state index contributed by atoms with van der Waals surface area (Å²) >= 11 is 0. The molecule has 0 fully saturated rings. The van der Waals surface area contributed by atoms with Gasteiger partial charge >= 0.3 is 0 Å². The third kappa shape index (κ3) is 3.13. The molecule has 0 unspecified atom stereocenters. The van der Waals surface area contributed by atoms with Crippen molar-refractivity contribution in [3.8, 4) is 11.3 Å². The van der Waals surface area contributed by atoms with Crippen molar-refractivity contribution < 1.29 is 0 Å². The number of fused-ring (bicyclic) bond motifs is 1. The zero-order valence-corrected chi connectivity index (χ0v) is 18.6. The van der Waals surface area contributed by atoms with Gasteiger partial charge in [-0.2, -0.15) is 5.10 Å². The summed E-state index contributed by atoms with van der Waals surface area (Å²) in [7, 11) is 0. The Morgan fingerprint density at radius 3 is 1.50 bits per heavy atom. The first kappa shape index (κ1) is 20.1. The normalized spacial score (nSPS) is 11.5. The molecule has 0 bridgehead atoms. The van der Waals surface area contributed by atoms with E-state index in [0.717, 1.165) is 38.9 Å². The van der Waals surface area contributed by atoms with Gasteiger partial charge in [-0.1, -0.05) is 109 Å². The second-order valence-electron chi connectivity index (χ2n) is 8.32. The van der Waals surface area contributed by atoms with Gasteiger partial charge in [-0.3, -0.25) is 4.98 Å². The van der Waals surface area contributed by atoms with E-state index in [1.165, 1.54) is 0 Å². The van der Waals surface area contributed by atoms with Crippen LogP contribution in [0.1, 0.15) is 16.7 Å². The minimum absolute atomic E-state index is 0.658. The first-order valence-corrected chi connectivity index (χ1v) is 11.4. The summed E-state index contributed by atoms with van der Waals surface area (Å²) in [5.74, 6) is 0. The van der Waals surface area contributed by atoms with Gasteiger partial charge in [0, 0.05) is 23.3 Å². The van der Waals surface area contributed by atoms with Gasteiger partial charge in [-0.05, 0) is 34.9 Å². The molecule has 0 atom stereocenters. The topological polar surface area (TPSA) is 30.7 Å². The summed E-state index contributed by atoms with van der Waals surface area (Å²) in [6, 6.07) is 44.5. The average molecular weight is 438 g/mol. The second-order valence-corrected chi connectivity index (χ2v) is 8.32. The maximum atomic E-state index is 5.35. The maximum Gasteiger partial charge on any atom is 0.138 e. The molecule has 162 valence electrons. The lowest BCUT2D eigenvalue weighted by Crippen LogP contribution is -2.38. The van der Waals surface area contributed by atoms with Crippen LogP contribution in [-0.4, -0.2) is 14.8 Å². The van der Waals surface area contributed by atoms with Crippen molar-refractivity contribution in [3.63, 3.8) is 0 Å². The molecule has 0 saturated carbocycles. The van der Waals surface area contributed by atoms with E-state index in [1.54, 1.807) is 0 Å². The molecule has 2 aromatic heterocycles. The molecule has 0 amide bonds. The van der Waals surface area contributed by atoms with Crippen LogP contribution < -0.4 is 0 Å². The molecule has 0 N–H and O–H groups in total. The smallest absolute Gasteiger partial charge is 0.138 e. The fourth-order valence-electron chi connectivity index (χ4n) is 4.95. The SMILES string of the molecule is c1ccc(C(c2ccccc2)(c2ccccc2)n2nc(-c3ccncc3)c3ccccc32)cc1. The Morgan fingerprint density at radius 1 is 0.500 bits per heavy atom. The number of nitrogens with zero attached hydrogens (tertiary/aromatic N) is 3. The predicted octanol–water partition coefficient (Wildman–Crippen LogP) is 6.94. The zero-order chi connectivity index (χ0) is 22.8. The third-order valence-corrected chi connectivity index (χ3v) is 6.43. The lowest BCUT2D eigenvalue weighted by Gasteiger charge is -2.37. The fraction of sp³-hybridized carbons (Fsp3) is 0.0323. The van der Waals surface area contributed by atoms with Crippen molar-refractivity contribution in [1.82, 2.24) is 14.8 Å². The summed E-state index contributed by atoms with van der Waals surface area (Å²) in [6.07, 6.45) is 3.64. The molecule has 4 aromatic carbocycles. The van der Waals surface area contributed by atoms with Gasteiger partial charge in [0.15, 0.2) is 0 Å². The average Bonchev–Trinajstić information content (AvgIpc) is 3.32. The van der Waals surface area contributed by atoms with E-state index in [1.807, 2.05) is 24.5 Å². The number of hydrogen-bond acceptors (Lipinski definition) is 2. The Bertz CT molecular complexity index is 1430. The largest absolute Gasteiger partial charge is 0.265 e. The van der Waals surface area contributed by atoms with Crippen LogP contribution in [0.4, 0.5) is 0 Å². The van der Waals surface area contributed by atoms with Crippen molar-refractivity contribution in [2.24, 2.45) is 0 Å². The minimum atomic E-state index is -0.658. The van der Waals surface area contributed by atoms with Crippen molar-refractivity contribution in [1.29, 1.82) is 0 Å². The number of para-hydroxylation sites is 1. The number of rotatable bonds is 5. The monoisotopic (exact) mass is 437 g/mol. The first-order chi connectivity index (χ1) is 16.9. The minimum Gasteiger partial charge on any atom is -0.265 e. The summed E-state index contributed by atoms with van der Waals surface area (Å²) in [6.45, 7) is 0. The lowest BCUT2D eigenvalue weighted by molar-refractivity contribution is 0.477. The van der Waals surface area contributed by atoms with Crippen LogP contribution in [0.5, 0.6) is 0 Å². The zero-order valence-electron chi connectivity index (χ0n) is 18.6. The van der Waals surface area contributed by atoms with Crippen LogP contribution in [0.2, 0.25) is 0 Å². The molecule has 6 aromatic rings. The Kier molecular flexibility index (Phi) is 5.00. The van der Waals surface area contributed by atoms with Gasteiger partial charge in [0.05, 0.1) is 5.52 Å². The van der Waals surface area contributed by atoms with Gasteiger partial charge < -0.3 is 0 Å². The van der Waals surface area contributed by atoms with Gasteiger partial charge in [0.1, 0.15) is 11.2 Å². The van der Waals surface area contributed by atoms with Gasteiger partial charge in [0.2, 0.25) is 0 Å². The van der Waals surface area contributed by atoms with Crippen LogP contribution in [0.15, 0.2) is 140 Å². The fourth-order valence-corrected chi connectivity index (χ4v) is 4.95. The number of hydrogen-bond donors (Lipinski definition) is 0. The lowest BCUT2D eigenvalue weighted by atomic mass is 9.77. The predicted molar refractivity (Wildman–Crippen MR) is 138 cm³/mol. The van der Waals surface area contributed by atoms with Gasteiger partial charge in [-0.15, -0.1) is 0 Å². The van der Waals surface area contributed by atoms with Crippen molar-refractivity contribution >= 4 is 10.9 Å². The van der Waals surface area contributed by atoms with Crippen molar-refractivity contribution in [2.75, 3.05) is 0 Å². The summed E-state index contributed by atoms with van der Waals surface area (Å²) in [4.78, 5) is 4.21. The van der Waals surface area contributed by atoms with Crippen molar-refractivity contribution in [2.45, 2.75) is 5.54 Å². The number of aromatic nitrogens is 3. The Labute approximate surface area is 199 Å². The highest BCUT2D eigenvalue weighted by atomic mass is 15.3. The van der Waals surface area contributed by atoms with E-state index in [2.05, 4.69) is 125 Å². The Hall–Kier alpha value is -4.50. The van der Waals surface area contributed by atoms with E-state index in [4.69, 9.17) is 5.10 Å². The summed E-state index contributed by atoms with van der Waals surface area (Å²) in [5, 5.41) is 6.46. The van der Waals surface area contributed by atoms with Crippen molar-refractivity contribution in [3.05, 3.63) is 156 Å². The van der Waals surface area contributed by atoms with Crippen LogP contribution in [0.25, 0.3) is 22.2 Å². The first-order valence-electron chi connectivity index (χ1n) is 11.4. The molecule has 0 saturated heterocycles. The van der Waals surface area contributed by atoms with E-state index in [-0.39, 0.29) is 0 Å². The highest BCUT2D eigenvalue weighted by molar-refractivity contribution is 5.93. The van der Waals surface area contributed by atoms with Gasteiger partial charge in [-0.25, -0.2) is 4.68 Å². The molecule has 0 aliphatic heterocycles. The van der Waals surface area contributed by atoms with Gasteiger partial charge in [0.25, 0.3) is 0 Å². The van der Waals surface area contributed by atoms with E-state index >= 15 is 0 Å². The standard InChI is InChI=1S/C31H23N3/c1-4-12-25(13-5-1)31(26-14-6-2-7-15-26,27-16-8-3-9-17-27)34-29-19-11-10-18-28(29)30(33-34)24-20-22-32-23-21-24/h1-23H.